The molecule has 9 nitrogen and oxygen atoms in total. The number of hydrogen-bond acceptors (Lipinski definition) is 7. The Balaban J connectivity index is 0.000000317. The van der Waals surface area contributed by atoms with Gasteiger partial charge in [0.2, 0.25) is 0 Å². The summed E-state index contributed by atoms with van der Waals surface area (Å²) in [7, 11) is 0. The van der Waals surface area contributed by atoms with Crippen molar-refractivity contribution in [1.29, 1.82) is 0 Å². The molecular weight excluding hydrogens is 540 g/mol. The molecular formula is C24H27F6N3O6. The first-order valence-corrected chi connectivity index (χ1v) is 11.5. The van der Waals surface area contributed by atoms with E-state index in [9.17, 15) is 26.3 Å². The van der Waals surface area contributed by atoms with E-state index >= 15 is 0 Å². The molecule has 0 aliphatic carbocycles. The molecule has 39 heavy (non-hydrogen) atoms. The zero-order valence-corrected chi connectivity index (χ0v) is 20.7. The molecule has 2 fully saturated rings. The van der Waals surface area contributed by atoms with Gasteiger partial charge in [-0.2, -0.15) is 26.3 Å². The quantitative estimate of drug-likeness (QED) is 0.517. The van der Waals surface area contributed by atoms with E-state index in [4.69, 9.17) is 29.3 Å². The Bertz CT molecular complexity index is 1050. The third kappa shape index (κ3) is 11.1. The highest BCUT2D eigenvalue weighted by Crippen LogP contribution is 2.36. The molecule has 1 atom stereocenters. The van der Waals surface area contributed by atoms with Crippen molar-refractivity contribution in [3.05, 3.63) is 59.7 Å². The van der Waals surface area contributed by atoms with Gasteiger partial charge < -0.3 is 19.7 Å². The Labute approximate surface area is 219 Å². The molecule has 2 aromatic heterocycles. The van der Waals surface area contributed by atoms with Gasteiger partial charge in [-0.3, -0.25) is 14.9 Å². The Morgan fingerprint density at radius 3 is 2.13 bits per heavy atom. The van der Waals surface area contributed by atoms with Crippen molar-refractivity contribution in [2.75, 3.05) is 19.7 Å². The number of halogens is 6. The van der Waals surface area contributed by atoms with Crippen LogP contribution in [0.5, 0.6) is 0 Å². The van der Waals surface area contributed by atoms with Crippen LogP contribution in [0.15, 0.2) is 42.6 Å². The molecule has 0 bridgehead atoms. The van der Waals surface area contributed by atoms with Crippen molar-refractivity contribution in [3.63, 3.8) is 0 Å². The van der Waals surface area contributed by atoms with Crippen molar-refractivity contribution < 1.29 is 55.6 Å². The van der Waals surface area contributed by atoms with Crippen molar-refractivity contribution >= 4 is 11.9 Å². The summed E-state index contributed by atoms with van der Waals surface area (Å²) in [4.78, 5) is 29.1. The number of aromatic nitrogens is 2. The number of ether oxygens (including phenoxy) is 2. The standard InChI is InChI=1S/C20H25N3O2.2C2HF3O2/c1-16-5-4-7-18(22-16)13-24-19-8-10-25-20(11-19)14-23(15-20)12-17-6-2-3-9-21-17;2*3-2(4,5)1(6)7/h2-7,9,19H,8,10-15H2,1H3;2*(H,6,7). The Morgan fingerprint density at radius 1 is 1.03 bits per heavy atom. The van der Waals surface area contributed by atoms with Crippen LogP contribution in [0.4, 0.5) is 26.3 Å². The number of hydrogen-bond donors (Lipinski definition) is 2. The second-order valence-corrected chi connectivity index (χ2v) is 8.80. The number of pyridine rings is 2. The molecule has 0 aromatic carbocycles. The number of carbonyl (C=O) groups is 2. The number of nitrogens with zero attached hydrogens (tertiary/aromatic N) is 3. The monoisotopic (exact) mass is 567 g/mol. The van der Waals surface area contributed by atoms with Crippen LogP contribution < -0.4 is 0 Å². The average Bonchev–Trinajstić information content (AvgIpc) is 2.82. The average molecular weight is 567 g/mol. The molecule has 1 spiro atoms. The number of carboxylic acid groups (broad SMARTS) is 2. The van der Waals surface area contributed by atoms with Gasteiger partial charge in [-0.1, -0.05) is 12.1 Å². The molecule has 2 aliphatic rings. The number of aliphatic carboxylic acids is 2. The highest BCUT2D eigenvalue weighted by atomic mass is 19.4. The van der Waals surface area contributed by atoms with Gasteiger partial charge in [-0.15, -0.1) is 0 Å². The number of alkyl halides is 6. The van der Waals surface area contributed by atoms with Crippen LogP contribution in [0.2, 0.25) is 0 Å². The smallest absolute Gasteiger partial charge is 0.475 e. The molecule has 2 N–H and O–H groups in total. The molecule has 216 valence electrons. The number of carboxylic acids is 2. The molecule has 0 amide bonds. The summed E-state index contributed by atoms with van der Waals surface area (Å²) < 4.78 is 75.7. The van der Waals surface area contributed by atoms with Gasteiger partial charge in [-0.05, 0) is 37.6 Å². The molecule has 15 heteroatoms. The van der Waals surface area contributed by atoms with Gasteiger partial charge in [0.15, 0.2) is 0 Å². The summed E-state index contributed by atoms with van der Waals surface area (Å²) in [6.07, 6.45) is -6.12. The highest BCUT2D eigenvalue weighted by Gasteiger charge is 2.47. The summed E-state index contributed by atoms with van der Waals surface area (Å²) in [6.45, 7) is 6.20. The van der Waals surface area contributed by atoms with Gasteiger partial charge in [0.25, 0.3) is 0 Å². The first kappa shape index (κ1) is 31.9. The lowest BCUT2D eigenvalue weighted by Gasteiger charge is -2.53. The summed E-state index contributed by atoms with van der Waals surface area (Å²) in [5.41, 5.74) is 3.13. The van der Waals surface area contributed by atoms with Crippen LogP contribution in [0.1, 0.15) is 29.9 Å². The number of likely N-dealkylation sites (tertiary alicyclic amines) is 1. The Morgan fingerprint density at radius 2 is 1.62 bits per heavy atom. The minimum Gasteiger partial charge on any atom is -0.475 e. The SMILES string of the molecule is Cc1cccc(COC2CCOC3(C2)CN(Cc2ccccn2)C3)n1.O=C(O)C(F)(F)F.O=C(O)C(F)(F)F. The fourth-order valence-corrected chi connectivity index (χ4v) is 3.83. The Hall–Kier alpha value is -3.30. The van der Waals surface area contributed by atoms with Crippen molar-refractivity contribution in [3.8, 4) is 0 Å². The normalized spacial score (nSPS) is 18.6. The van der Waals surface area contributed by atoms with E-state index in [0.717, 1.165) is 56.2 Å². The molecule has 0 saturated carbocycles. The Kier molecular flexibility index (Phi) is 11.2. The minimum absolute atomic E-state index is 0.0300. The van der Waals surface area contributed by atoms with Crippen LogP contribution in [0.3, 0.4) is 0 Å². The van der Waals surface area contributed by atoms with Gasteiger partial charge in [0, 0.05) is 44.6 Å². The lowest BCUT2D eigenvalue weighted by Crippen LogP contribution is -2.65. The summed E-state index contributed by atoms with van der Waals surface area (Å²) >= 11 is 0. The van der Waals surface area contributed by atoms with Crippen molar-refractivity contribution in [1.82, 2.24) is 14.9 Å². The van der Waals surface area contributed by atoms with E-state index in [2.05, 4.69) is 20.9 Å². The number of aryl methyl sites for hydroxylation is 1. The van der Waals surface area contributed by atoms with Gasteiger partial charge >= 0.3 is 24.3 Å². The second-order valence-electron chi connectivity index (χ2n) is 8.80. The zero-order valence-electron chi connectivity index (χ0n) is 20.7. The van der Waals surface area contributed by atoms with E-state index in [1.165, 1.54) is 0 Å². The topological polar surface area (TPSA) is 122 Å². The first-order valence-electron chi connectivity index (χ1n) is 11.5. The maximum absolute atomic E-state index is 10.6. The molecule has 2 aliphatic heterocycles. The fourth-order valence-electron chi connectivity index (χ4n) is 3.83. The summed E-state index contributed by atoms with van der Waals surface area (Å²) in [5, 5.41) is 14.2. The lowest BCUT2D eigenvalue weighted by atomic mass is 9.84. The summed E-state index contributed by atoms with van der Waals surface area (Å²) in [6, 6.07) is 12.1. The van der Waals surface area contributed by atoms with Crippen LogP contribution in [-0.4, -0.2) is 80.8 Å². The van der Waals surface area contributed by atoms with E-state index in [-0.39, 0.29) is 11.7 Å². The highest BCUT2D eigenvalue weighted by molar-refractivity contribution is 5.73. The largest absolute Gasteiger partial charge is 0.490 e. The maximum atomic E-state index is 10.6. The maximum Gasteiger partial charge on any atom is 0.490 e. The third-order valence-corrected chi connectivity index (χ3v) is 5.48. The number of rotatable bonds is 5. The first-order chi connectivity index (χ1) is 18.1. The molecule has 1 unspecified atom stereocenters. The van der Waals surface area contributed by atoms with E-state index in [0.29, 0.717) is 6.61 Å². The minimum atomic E-state index is -5.08. The zero-order chi connectivity index (χ0) is 29.3. The van der Waals surface area contributed by atoms with Crippen LogP contribution in [0, 0.1) is 6.92 Å². The fraction of sp³-hybridized carbons (Fsp3) is 0.500. The van der Waals surface area contributed by atoms with Crippen LogP contribution in [-0.2, 0) is 32.2 Å². The second kappa shape index (κ2) is 13.7. The molecule has 4 rings (SSSR count). The van der Waals surface area contributed by atoms with Gasteiger partial charge in [0.05, 0.1) is 29.7 Å². The molecule has 4 heterocycles. The van der Waals surface area contributed by atoms with Crippen LogP contribution in [0.25, 0.3) is 0 Å². The lowest BCUT2D eigenvalue weighted by molar-refractivity contribution is -0.200. The predicted molar refractivity (Wildman–Crippen MR) is 122 cm³/mol. The summed E-state index contributed by atoms with van der Waals surface area (Å²) in [5.74, 6) is -5.51. The molecule has 0 radical (unpaired) electrons. The molecule has 2 aromatic rings. The van der Waals surface area contributed by atoms with E-state index in [1.807, 2.05) is 43.5 Å². The van der Waals surface area contributed by atoms with E-state index in [1.54, 1.807) is 0 Å². The third-order valence-electron chi connectivity index (χ3n) is 5.48. The molecule has 2 saturated heterocycles. The van der Waals surface area contributed by atoms with Crippen molar-refractivity contribution in [2.24, 2.45) is 0 Å². The predicted octanol–water partition coefficient (Wildman–Crippen LogP) is 4.00. The van der Waals surface area contributed by atoms with Crippen LogP contribution >= 0.6 is 0 Å². The van der Waals surface area contributed by atoms with Crippen molar-refractivity contribution in [2.45, 2.75) is 57.0 Å². The van der Waals surface area contributed by atoms with E-state index < -0.39 is 24.3 Å². The van der Waals surface area contributed by atoms with Gasteiger partial charge in [-0.25, -0.2) is 9.59 Å². The van der Waals surface area contributed by atoms with Gasteiger partial charge in [0.1, 0.15) is 0 Å².